The summed E-state index contributed by atoms with van der Waals surface area (Å²) in [4.78, 5) is 0. The van der Waals surface area contributed by atoms with Crippen molar-refractivity contribution in [3.63, 3.8) is 0 Å². The van der Waals surface area contributed by atoms with Crippen molar-refractivity contribution < 1.29 is 38.0 Å². The van der Waals surface area contributed by atoms with Crippen LogP contribution in [0.1, 0.15) is 22.3 Å². The molecule has 3 N–H and O–H groups in total. The Hall–Kier alpha value is -2.71. The quantitative estimate of drug-likeness (QED) is 0.637. The fourth-order valence-corrected chi connectivity index (χ4v) is 2.44. The fraction of sp³-hybridized carbons (Fsp3) is 0.263. The minimum atomic E-state index is -4.49. The maximum atomic E-state index is 12.2. The number of ether oxygens (including phenoxy) is 2. The highest BCUT2D eigenvalue weighted by Gasteiger charge is 2.28. The van der Waals surface area contributed by atoms with Crippen molar-refractivity contribution in [2.45, 2.75) is 19.4 Å². The first-order valence-corrected chi connectivity index (χ1v) is 7.89. The van der Waals surface area contributed by atoms with Gasteiger partial charge in [-0.3, -0.25) is 0 Å². The van der Waals surface area contributed by atoms with Gasteiger partial charge in [0.1, 0.15) is 5.75 Å². The molecule has 0 aromatic heterocycles. The molecule has 0 radical (unpaired) electrons. The molecule has 0 heterocycles. The average molecular weight is 384 g/mol. The third-order valence-electron chi connectivity index (χ3n) is 3.71. The lowest BCUT2D eigenvalue weighted by molar-refractivity contribution is -0.153. The molecule has 0 unspecified atom stereocenters. The van der Waals surface area contributed by atoms with Gasteiger partial charge in [0.25, 0.3) is 0 Å². The van der Waals surface area contributed by atoms with Gasteiger partial charge in [0, 0.05) is 5.56 Å². The van der Waals surface area contributed by atoms with Crippen LogP contribution in [0.5, 0.6) is 17.2 Å². The number of alkyl halides is 3. The Morgan fingerprint density at radius 3 is 2.22 bits per heavy atom. The maximum Gasteiger partial charge on any atom is 0.422 e. The molecule has 0 amide bonds. The molecule has 2 aromatic rings. The first-order valence-electron chi connectivity index (χ1n) is 7.89. The number of phenols is 1. The lowest BCUT2D eigenvalue weighted by Gasteiger charge is -2.12. The number of aliphatic hydroxyl groups excluding tert-OH is 2. The number of aliphatic hydroxyl groups is 2. The highest BCUT2D eigenvalue weighted by molar-refractivity contribution is 5.72. The largest absolute Gasteiger partial charge is 0.504 e. The lowest BCUT2D eigenvalue weighted by atomic mass is 10.0. The van der Waals surface area contributed by atoms with Gasteiger partial charge in [-0.2, -0.15) is 13.2 Å². The van der Waals surface area contributed by atoms with Gasteiger partial charge < -0.3 is 24.8 Å². The predicted octanol–water partition coefficient (Wildman–Crippen LogP) is 3.50. The molecule has 0 spiro atoms. The zero-order valence-electron chi connectivity index (χ0n) is 14.5. The van der Waals surface area contributed by atoms with E-state index < -0.39 is 18.5 Å². The first kappa shape index (κ1) is 20.6. The predicted molar refractivity (Wildman–Crippen MR) is 93.4 cm³/mol. The van der Waals surface area contributed by atoms with E-state index in [4.69, 9.17) is 4.74 Å². The van der Waals surface area contributed by atoms with E-state index in [0.717, 1.165) is 0 Å². The molecule has 0 saturated heterocycles. The smallest absolute Gasteiger partial charge is 0.422 e. The van der Waals surface area contributed by atoms with Gasteiger partial charge in [-0.25, -0.2) is 0 Å². The summed E-state index contributed by atoms with van der Waals surface area (Å²) in [6.45, 7) is -2.05. The van der Waals surface area contributed by atoms with Crippen molar-refractivity contribution in [2.24, 2.45) is 0 Å². The fourth-order valence-electron chi connectivity index (χ4n) is 2.44. The third kappa shape index (κ3) is 5.63. The van der Waals surface area contributed by atoms with E-state index in [2.05, 4.69) is 4.74 Å². The summed E-state index contributed by atoms with van der Waals surface area (Å²) in [5, 5.41) is 28.6. The second-order valence-electron chi connectivity index (χ2n) is 5.64. The highest BCUT2D eigenvalue weighted by atomic mass is 19.4. The van der Waals surface area contributed by atoms with Crippen molar-refractivity contribution in [1.29, 1.82) is 0 Å². The van der Waals surface area contributed by atoms with Crippen LogP contribution in [0.4, 0.5) is 13.2 Å². The molecular formula is C19H19F3O5. The van der Waals surface area contributed by atoms with Gasteiger partial charge in [-0.05, 0) is 41.0 Å². The molecule has 27 heavy (non-hydrogen) atoms. The summed E-state index contributed by atoms with van der Waals surface area (Å²) >= 11 is 0. The van der Waals surface area contributed by atoms with Crippen LogP contribution in [-0.2, 0) is 13.2 Å². The Balaban J connectivity index is 2.21. The molecule has 2 rings (SSSR count). The molecular weight excluding hydrogens is 365 g/mol. The van der Waals surface area contributed by atoms with E-state index in [0.29, 0.717) is 28.0 Å². The number of rotatable bonds is 7. The standard InChI is InChI=1S/C19H19F3O5/c1-26-18-8-13(6-14(9-23)15(18)10-24)3-2-12-4-5-17(16(25)7-12)27-11-19(20,21)22/h2-8,23-25H,9-11H2,1H3/b3-2-. The molecule has 0 aliphatic rings. The van der Waals surface area contributed by atoms with Crippen molar-refractivity contribution in [3.8, 4) is 17.2 Å². The molecule has 2 aromatic carbocycles. The topological polar surface area (TPSA) is 79.2 Å². The van der Waals surface area contributed by atoms with Gasteiger partial charge in [0.15, 0.2) is 18.1 Å². The van der Waals surface area contributed by atoms with E-state index in [9.17, 15) is 28.5 Å². The summed E-state index contributed by atoms with van der Waals surface area (Å²) in [6.07, 6.45) is -1.19. The van der Waals surface area contributed by atoms with Gasteiger partial charge in [0.2, 0.25) is 0 Å². The molecule has 0 aliphatic heterocycles. The molecule has 146 valence electrons. The number of hydrogen-bond donors (Lipinski definition) is 3. The van der Waals surface area contributed by atoms with Crippen molar-refractivity contribution >= 4 is 12.2 Å². The van der Waals surface area contributed by atoms with Crippen LogP contribution in [0.3, 0.4) is 0 Å². The average Bonchev–Trinajstić information content (AvgIpc) is 2.63. The summed E-state index contributed by atoms with van der Waals surface area (Å²) in [6, 6.07) is 7.35. The van der Waals surface area contributed by atoms with Crippen LogP contribution in [0.25, 0.3) is 12.2 Å². The zero-order valence-corrected chi connectivity index (χ0v) is 14.5. The number of benzene rings is 2. The van der Waals surface area contributed by atoms with Gasteiger partial charge in [0.05, 0.1) is 20.3 Å². The second kappa shape index (κ2) is 8.79. The number of halogens is 3. The normalized spacial score (nSPS) is 11.8. The molecule has 0 bridgehead atoms. The zero-order chi connectivity index (χ0) is 20.0. The number of hydrogen-bond acceptors (Lipinski definition) is 5. The monoisotopic (exact) mass is 384 g/mol. The first-order chi connectivity index (χ1) is 12.8. The second-order valence-corrected chi connectivity index (χ2v) is 5.64. The summed E-state index contributed by atoms with van der Waals surface area (Å²) < 4.78 is 46.3. The SMILES string of the molecule is COc1cc(/C=C\c2ccc(OCC(F)(F)F)c(O)c2)cc(CO)c1CO. The van der Waals surface area contributed by atoms with Gasteiger partial charge >= 0.3 is 6.18 Å². The van der Waals surface area contributed by atoms with Crippen LogP contribution in [0.2, 0.25) is 0 Å². The van der Waals surface area contributed by atoms with Crippen LogP contribution >= 0.6 is 0 Å². The van der Waals surface area contributed by atoms with Crippen LogP contribution < -0.4 is 9.47 Å². The highest BCUT2D eigenvalue weighted by Crippen LogP contribution is 2.30. The molecule has 8 heteroatoms. The molecule has 0 fully saturated rings. The number of methoxy groups -OCH3 is 1. The van der Waals surface area contributed by atoms with Crippen molar-refractivity contribution in [3.05, 3.63) is 52.6 Å². The summed E-state index contributed by atoms with van der Waals surface area (Å²) in [5.74, 6) is -0.255. The summed E-state index contributed by atoms with van der Waals surface area (Å²) in [5.41, 5.74) is 2.20. The van der Waals surface area contributed by atoms with E-state index in [1.165, 1.54) is 25.3 Å². The lowest BCUT2D eigenvalue weighted by Crippen LogP contribution is -2.19. The Morgan fingerprint density at radius 2 is 1.67 bits per heavy atom. The van der Waals surface area contributed by atoms with Crippen molar-refractivity contribution in [2.75, 3.05) is 13.7 Å². The van der Waals surface area contributed by atoms with E-state index >= 15 is 0 Å². The van der Waals surface area contributed by atoms with E-state index in [1.54, 1.807) is 24.3 Å². The molecule has 0 atom stereocenters. The number of aromatic hydroxyl groups is 1. The Bertz CT molecular complexity index is 790. The Labute approximate surface area is 153 Å². The maximum absolute atomic E-state index is 12.2. The van der Waals surface area contributed by atoms with Gasteiger partial charge in [-0.1, -0.05) is 18.2 Å². The molecule has 0 saturated carbocycles. The van der Waals surface area contributed by atoms with Crippen LogP contribution in [0, 0.1) is 0 Å². The molecule has 0 aliphatic carbocycles. The van der Waals surface area contributed by atoms with Crippen LogP contribution in [-0.4, -0.2) is 35.2 Å². The summed E-state index contributed by atoms with van der Waals surface area (Å²) in [7, 11) is 1.45. The third-order valence-corrected chi connectivity index (χ3v) is 3.71. The minimum Gasteiger partial charge on any atom is -0.504 e. The van der Waals surface area contributed by atoms with Crippen molar-refractivity contribution in [1.82, 2.24) is 0 Å². The molecule has 5 nitrogen and oxygen atoms in total. The van der Waals surface area contributed by atoms with Crippen LogP contribution in [0.15, 0.2) is 30.3 Å². The van der Waals surface area contributed by atoms with E-state index in [1.807, 2.05) is 0 Å². The Kier molecular flexibility index (Phi) is 6.70. The Morgan fingerprint density at radius 1 is 0.963 bits per heavy atom. The number of phenolic OH excluding ortho intramolecular Hbond substituents is 1. The minimum absolute atomic E-state index is 0.263. The van der Waals surface area contributed by atoms with E-state index in [-0.39, 0.29) is 19.0 Å². The van der Waals surface area contributed by atoms with Gasteiger partial charge in [-0.15, -0.1) is 0 Å².